The Labute approximate surface area is 199 Å². The van der Waals surface area contributed by atoms with Gasteiger partial charge in [0.1, 0.15) is 5.54 Å². The minimum Gasteiger partial charge on any atom is -0.354 e. The maximum Gasteiger partial charge on any atom is 0.329 e. The van der Waals surface area contributed by atoms with Gasteiger partial charge in [0.2, 0.25) is 5.91 Å². The van der Waals surface area contributed by atoms with Crippen LogP contribution >= 0.6 is 0 Å². The van der Waals surface area contributed by atoms with E-state index in [9.17, 15) is 19.2 Å². The molecule has 1 fully saturated rings. The molecule has 2 heterocycles. The first-order chi connectivity index (χ1) is 16.2. The van der Waals surface area contributed by atoms with Crippen LogP contribution in [0.15, 0.2) is 15.7 Å². The Hall–Kier alpha value is -2.97. The van der Waals surface area contributed by atoms with Crippen molar-refractivity contribution in [3.05, 3.63) is 38.2 Å². The Bertz CT molecular complexity index is 1160. The third kappa shape index (κ3) is 5.23. The van der Waals surface area contributed by atoms with Crippen LogP contribution in [0, 0.1) is 0 Å². The van der Waals surface area contributed by atoms with E-state index in [1.54, 1.807) is 6.07 Å². The molecule has 1 aliphatic rings. The number of carbonyl (C=O) groups is 2. The van der Waals surface area contributed by atoms with Gasteiger partial charge in [-0.1, -0.05) is 53.4 Å². The number of nitrogens with zero attached hydrogens (tertiary/aromatic N) is 2. The molecule has 0 aliphatic heterocycles. The molecule has 34 heavy (non-hydrogen) atoms. The van der Waals surface area contributed by atoms with Crippen LogP contribution in [0.4, 0.5) is 0 Å². The Balaban J connectivity index is 2.11. The molecule has 0 radical (unpaired) electrons. The van der Waals surface area contributed by atoms with Crippen molar-refractivity contribution in [3.8, 4) is 0 Å². The molecule has 2 amide bonds. The molecular weight excluding hydrogens is 434 g/mol. The van der Waals surface area contributed by atoms with Crippen molar-refractivity contribution in [2.45, 2.75) is 97.1 Å². The summed E-state index contributed by atoms with van der Waals surface area (Å²) in [5.41, 5.74) is -1.24. The summed E-state index contributed by atoms with van der Waals surface area (Å²) in [6.07, 6.45) is 6.28. The van der Waals surface area contributed by atoms with Gasteiger partial charge in [0.15, 0.2) is 5.65 Å². The highest BCUT2D eigenvalue weighted by Gasteiger charge is 2.41. The molecule has 0 aromatic carbocycles. The van der Waals surface area contributed by atoms with E-state index in [0.717, 1.165) is 32.1 Å². The minimum atomic E-state index is -1.01. The summed E-state index contributed by atoms with van der Waals surface area (Å²) in [6.45, 7) is 8.79. The average molecular weight is 472 g/mol. The van der Waals surface area contributed by atoms with Crippen LogP contribution in [0.3, 0.4) is 0 Å². The Morgan fingerprint density at radius 3 is 2.47 bits per heavy atom. The molecule has 0 atom stereocenters. The summed E-state index contributed by atoms with van der Waals surface area (Å²) in [4.78, 5) is 59.2. The van der Waals surface area contributed by atoms with Gasteiger partial charge in [-0.15, -0.1) is 0 Å². The molecule has 9 nitrogen and oxygen atoms in total. The number of fused-ring (bicyclic) bond motifs is 1. The maximum atomic E-state index is 13.7. The first-order valence-corrected chi connectivity index (χ1v) is 12.5. The number of carbonyl (C=O) groups excluding carboxylic acids is 2. The van der Waals surface area contributed by atoms with Crippen molar-refractivity contribution in [2.24, 2.45) is 0 Å². The SMILES string of the molecule is CCCCNC(=O)C1(NC(=O)c2cc(C(C)C)nc3c2c(=O)[nH]c(=O)n3CCC)CCCCC1. The van der Waals surface area contributed by atoms with Crippen LogP contribution in [0.1, 0.15) is 101 Å². The second-order valence-electron chi connectivity index (χ2n) is 9.57. The molecule has 2 aromatic heterocycles. The van der Waals surface area contributed by atoms with E-state index in [1.165, 1.54) is 4.57 Å². The summed E-state index contributed by atoms with van der Waals surface area (Å²) in [5.74, 6) is -0.691. The van der Waals surface area contributed by atoms with Gasteiger partial charge in [0.25, 0.3) is 11.5 Å². The van der Waals surface area contributed by atoms with Gasteiger partial charge in [-0.3, -0.25) is 23.9 Å². The smallest absolute Gasteiger partial charge is 0.329 e. The number of hydrogen-bond donors (Lipinski definition) is 3. The summed E-state index contributed by atoms with van der Waals surface area (Å²) >= 11 is 0. The van der Waals surface area contributed by atoms with Crippen molar-refractivity contribution < 1.29 is 9.59 Å². The van der Waals surface area contributed by atoms with Crippen LogP contribution < -0.4 is 21.9 Å². The van der Waals surface area contributed by atoms with Crippen LogP contribution in [0.2, 0.25) is 0 Å². The van der Waals surface area contributed by atoms with Crippen LogP contribution in [0.25, 0.3) is 11.0 Å². The van der Waals surface area contributed by atoms with Gasteiger partial charge in [-0.05, 0) is 37.7 Å². The molecule has 9 heteroatoms. The van der Waals surface area contributed by atoms with Gasteiger partial charge in [-0.25, -0.2) is 9.78 Å². The van der Waals surface area contributed by atoms with E-state index in [4.69, 9.17) is 0 Å². The number of hydrogen-bond acceptors (Lipinski definition) is 5. The topological polar surface area (TPSA) is 126 Å². The molecule has 3 N–H and O–H groups in total. The van der Waals surface area contributed by atoms with Crippen molar-refractivity contribution in [2.75, 3.05) is 6.54 Å². The predicted molar refractivity (Wildman–Crippen MR) is 132 cm³/mol. The van der Waals surface area contributed by atoms with E-state index < -0.39 is 22.7 Å². The number of pyridine rings is 1. The predicted octanol–water partition coefficient (Wildman–Crippen LogP) is 2.97. The lowest BCUT2D eigenvalue weighted by molar-refractivity contribution is -0.128. The molecule has 0 unspecified atom stereocenters. The number of amides is 2. The van der Waals surface area contributed by atoms with Gasteiger partial charge < -0.3 is 10.6 Å². The van der Waals surface area contributed by atoms with Crippen molar-refractivity contribution in [1.29, 1.82) is 0 Å². The van der Waals surface area contributed by atoms with E-state index in [-0.39, 0.29) is 28.4 Å². The highest BCUT2D eigenvalue weighted by Crippen LogP contribution is 2.30. The maximum absolute atomic E-state index is 13.7. The standard InChI is InChI=1S/C25H37N5O4/c1-5-7-13-26-23(33)25(11-9-8-10-12-25)29-21(31)17-15-18(16(3)4)27-20-19(17)22(32)28-24(34)30(20)14-6-2/h15-16H,5-14H2,1-4H3,(H,26,33)(H,29,31)(H,28,32,34). The van der Waals surface area contributed by atoms with Crippen molar-refractivity contribution in [1.82, 2.24) is 25.2 Å². The molecule has 186 valence electrons. The van der Waals surface area contributed by atoms with Crippen molar-refractivity contribution in [3.63, 3.8) is 0 Å². The largest absolute Gasteiger partial charge is 0.354 e. The van der Waals surface area contributed by atoms with E-state index in [2.05, 4.69) is 27.5 Å². The van der Waals surface area contributed by atoms with Gasteiger partial charge in [0, 0.05) is 18.8 Å². The first-order valence-electron chi connectivity index (χ1n) is 12.5. The quantitative estimate of drug-likeness (QED) is 0.485. The Morgan fingerprint density at radius 2 is 1.85 bits per heavy atom. The number of rotatable bonds is 9. The van der Waals surface area contributed by atoms with Gasteiger partial charge in [-0.2, -0.15) is 0 Å². The van der Waals surface area contributed by atoms with Crippen molar-refractivity contribution >= 4 is 22.8 Å². The van der Waals surface area contributed by atoms with Crippen LogP contribution in [-0.2, 0) is 11.3 Å². The summed E-state index contributed by atoms with van der Waals surface area (Å²) in [6, 6.07) is 1.61. The fourth-order valence-corrected chi connectivity index (χ4v) is 4.60. The molecule has 3 rings (SSSR count). The zero-order chi connectivity index (χ0) is 24.9. The Kier molecular flexibility index (Phi) is 8.28. The van der Waals surface area contributed by atoms with Crippen LogP contribution in [-0.4, -0.2) is 38.4 Å². The summed E-state index contributed by atoms with van der Waals surface area (Å²) in [7, 11) is 0. The number of aromatic nitrogens is 3. The van der Waals surface area contributed by atoms with Gasteiger partial charge >= 0.3 is 5.69 Å². The van der Waals surface area contributed by atoms with E-state index >= 15 is 0 Å². The van der Waals surface area contributed by atoms with E-state index in [1.807, 2.05) is 20.8 Å². The monoisotopic (exact) mass is 471 g/mol. The zero-order valence-electron chi connectivity index (χ0n) is 20.8. The average Bonchev–Trinajstić information content (AvgIpc) is 2.81. The zero-order valence-corrected chi connectivity index (χ0v) is 20.8. The lowest BCUT2D eigenvalue weighted by atomic mass is 9.80. The molecule has 1 aliphatic carbocycles. The molecular formula is C25H37N5O4. The minimum absolute atomic E-state index is 0.0265. The highest BCUT2D eigenvalue weighted by atomic mass is 16.2. The number of unbranched alkanes of at least 4 members (excludes halogenated alkanes) is 1. The number of H-pyrrole nitrogens is 1. The number of aromatic amines is 1. The third-order valence-corrected chi connectivity index (χ3v) is 6.56. The number of aryl methyl sites for hydroxylation is 1. The third-order valence-electron chi connectivity index (χ3n) is 6.56. The normalized spacial score (nSPS) is 15.4. The van der Waals surface area contributed by atoms with E-state index in [0.29, 0.717) is 38.0 Å². The number of nitrogens with one attached hydrogen (secondary N) is 3. The van der Waals surface area contributed by atoms with Gasteiger partial charge in [0.05, 0.1) is 10.9 Å². The molecule has 0 spiro atoms. The van der Waals surface area contributed by atoms with Crippen LogP contribution in [0.5, 0.6) is 0 Å². The Morgan fingerprint density at radius 1 is 1.15 bits per heavy atom. The highest BCUT2D eigenvalue weighted by molar-refractivity contribution is 6.07. The molecule has 1 saturated carbocycles. The molecule has 0 bridgehead atoms. The fraction of sp³-hybridized carbons (Fsp3) is 0.640. The molecule has 0 saturated heterocycles. The molecule has 2 aromatic rings. The second kappa shape index (κ2) is 11.0. The lowest BCUT2D eigenvalue weighted by Gasteiger charge is -2.36. The lowest BCUT2D eigenvalue weighted by Crippen LogP contribution is -2.60. The fourth-order valence-electron chi connectivity index (χ4n) is 4.60. The first kappa shape index (κ1) is 25.6. The summed E-state index contributed by atoms with van der Waals surface area (Å²) in [5, 5.41) is 6.07. The second-order valence-corrected chi connectivity index (χ2v) is 9.57. The summed E-state index contributed by atoms with van der Waals surface area (Å²) < 4.78 is 1.41.